The molecule has 0 atom stereocenters. The molecule has 0 saturated carbocycles. The molecule has 0 bridgehead atoms. The molecule has 0 aliphatic rings. The zero-order valence-corrected chi connectivity index (χ0v) is 12.2. The van der Waals surface area contributed by atoms with Crippen LogP contribution >= 0.6 is 0 Å². The second kappa shape index (κ2) is 8.80. The largest absolute Gasteiger partial charge is 0.519 e. The lowest BCUT2D eigenvalue weighted by Gasteiger charge is -2.30. The zero-order valence-electron chi connectivity index (χ0n) is 11.2. The number of rotatable bonds is 9. The molecule has 0 heterocycles. The van der Waals surface area contributed by atoms with E-state index in [0.29, 0.717) is 12.8 Å². The van der Waals surface area contributed by atoms with Crippen molar-refractivity contribution < 1.29 is 9.22 Å². The van der Waals surface area contributed by atoms with Gasteiger partial charge in [-0.25, -0.2) is 0 Å². The molecule has 0 spiro atoms. The van der Waals surface area contributed by atoms with E-state index < -0.39 is 8.32 Å². The third kappa shape index (κ3) is 5.68. The van der Waals surface area contributed by atoms with Gasteiger partial charge in [0.2, 0.25) is 0 Å². The molecular weight excluding hydrogens is 216 g/mol. The number of hydrogen-bond acceptors (Lipinski definition) is 2. The van der Waals surface area contributed by atoms with Crippen molar-refractivity contribution in [1.29, 1.82) is 0 Å². The minimum Gasteiger partial charge on any atom is -0.519 e. The molecule has 0 fully saturated rings. The summed E-state index contributed by atoms with van der Waals surface area (Å²) < 4.78 is 5.86. The predicted octanol–water partition coefficient (Wildman–Crippen LogP) is 4.32. The Kier molecular flexibility index (Phi) is 8.62. The van der Waals surface area contributed by atoms with Crippen LogP contribution in [0.3, 0.4) is 0 Å². The van der Waals surface area contributed by atoms with E-state index in [-0.39, 0.29) is 5.97 Å². The van der Waals surface area contributed by atoms with Crippen LogP contribution in [0, 0.1) is 6.92 Å². The normalized spacial score (nSPS) is 11.5. The summed E-state index contributed by atoms with van der Waals surface area (Å²) in [6, 6.07) is 3.37. The van der Waals surface area contributed by atoms with Gasteiger partial charge in [-0.2, -0.15) is 0 Å². The lowest BCUT2D eigenvalue weighted by atomic mass is 10.4. The second-order valence-corrected chi connectivity index (χ2v) is 8.58. The van der Waals surface area contributed by atoms with Crippen LogP contribution in [0.4, 0.5) is 0 Å². The van der Waals surface area contributed by atoms with Gasteiger partial charge in [0, 0.05) is 6.42 Å². The van der Waals surface area contributed by atoms with Crippen LogP contribution in [-0.4, -0.2) is 14.3 Å². The Morgan fingerprint density at radius 2 is 1.50 bits per heavy atom. The van der Waals surface area contributed by atoms with Crippen molar-refractivity contribution in [2.24, 2.45) is 0 Å². The van der Waals surface area contributed by atoms with Crippen LogP contribution in [0.15, 0.2) is 0 Å². The molecule has 0 aliphatic heterocycles. The summed E-state index contributed by atoms with van der Waals surface area (Å²) in [6.07, 6.45) is 4.51. The lowest BCUT2D eigenvalue weighted by molar-refractivity contribution is -0.135. The molecule has 3 heteroatoms. The highest BCUT2D eigenvalue weighted by Crippen LogP contribution is 2.28. The van der Waals surface area contributed by atoms with Crippen molar-refractivity contribution >= 4 is 14.3 Å². The third-order valence-electron chi connectivity index (χ3n) is 2.83. The molecule has 0 aromatic carbocycles. The molecule has 95 valence electrons. The number of carbonyl (C=O) groups is 1. The van der Waals surface area contributed by atoms with E-state index in [0.717, 1.165) is 37.4 Å². The van der Waals surface area contributed by atoms with Gasteiger partial charge in [0.15, 0.2) is 0 Å². The topological polar surface area (TPSA) is 26.3 Å². The van der Waals surface area contributed by atoms with E-state index in [4.69, 9.17) is 4.43 Å². The first-order valence-corrected chi connectivity index (χ1v) is 9.18. The molecule has 2 nitrogen and oxygen atoms in total. The summed E-state index contributed by atoms with van der Waals surface area (Å²) in [6.45, 7) is 10.3. The van der Waals surface area contributed by atoms with E-state index in [9.17, 15) is 4.79 Å². The van der Waals surface area contributed by atoms with Crippen molar-refractivity contribution in [1.82, 2.24) is 0 Å². The third-order valence-corrected chi connectivity index (χ3v) is 7.72. The average Bonchev–Trinajstić information content (AvgIpc) is 2.18. The van der Waals surface area contributed by atoms with Crippen molar-refractivity contribution in [3.8, 4) is 0 Å². The minimum absolute atomic E-state index is 0.0167. The van der Waals surface area contributed by atoms with Gasteiger partial charge >= 0.3 is 0 Å². The van der Waals surface area contributed by atoms with E-state index in [2.05, 4.69) is 27.7 Å². The van der Waals surface area contributed by atoms with Crippen molar-refractivity contribution in [2.75, 3.05) is 0 Å². The van der Waals surface area contributed by atoms with Gasteiger partial charge in [-0.15, -0.1) is 0 Å². The van der Waals surface area contributed by atoms with E-state index in [1.807, 2.05) is 0 Å². The SMILES string of the molecule is [CH2]CCC(=O)O[Si](CCC)(CCC)CCC. The molecule has 0 rings (SSSR count). The van der Waals surface area contributed by atoms with E-state index in [1.165, 1.54) is 0 Å². The molecular formula is C13H27O2Si. The smallest absolute Gasteiger partial charge is 0.292 e. The highest BCUT2D eigenvalue weighted by molar-refractivity contribution is 6.75. The molecule has 1 radical (unpaired) electrons. The first-order chi connectivity index (χ1) is 7.64. The van der Waals surface area contributed by atoms with Crippen LogP contribution in [0.25, 0.3) is 0 Å². The maximum Gasteiger partial charge on any atom is 0.292 e. The quantitative estimate of drug-likeness (QED) is 0.564. The summed E-state index contributed by atoms with van der Waals surface area (Å²) in [5, 5.41) is 0. The van der Waals surface area contributed by atoms with Crippen molar-refractivity contribution in [3.63, 3.8) is 0 Å². The Bertz CT molecular complexity index is 175. The van der Waals surface area contributed by atoms with Gasteiger partial charge in [-0.1, -0.05) is 47.0 Å². The molecule has 0 aromatic rings. The fourth-order valence-electron chi connectivity index (χ4n) is 2.33. The average molecular weight is 243 g/mol. The molecule has 0 N–H and O–H groups in total. The Morgan fingerprint density at radius 3 is 1.81 bits per heavy atom. The highest BCUT2D eigenvalue weighted by Gasteiger charge is 2.35. The summed E-state index contributed by atoms with van der Waals surface area (Å²) >= 11 is 0. The molecule has 0 amide bonds. The summed E-state index contributed by atoms with van der Waals surface area (Å²) in [5.41, 5.74) is 0. The van der Waals surface area contributed by atoms with Crippen molar-refractivity contribution in [2.45, 2.75) is 71.0 Å². The predicted molar refractivity (Wildman–Crippen MR) is 71.7 cm³/mol. The summed E-state index contributed by atoms with van der Waals surface area (Å²) in [4.78, 5) is 11.7. The van der Waals surface area contributed by atoms with Crippen LogP contribution in [0.5, 0.6) is 0 Å². The van der Waals surface area contributed by atoms with Gasteiger partial charge < -0.3 is 4.43 Å². The van der Waals surface area contributed by atoms with Crippen LogP contribution in [0.1, 0.15) is 52.9 Å². The van der Waals surface area contributed by atoms with E-state index >= 15 is 0 Å². The maximum atomic E-state index is 11.7. The summed E-state index contributed by atoms with van der Waals surface area (Å²) in [7, 11) is -1.77. The minimum atomic E-state index is -1.77. The van der Waals surface area contributed by atoms with Gasteiger partial charge in [0.25, 0.3) is 14.3 Å². The number of carbonyl (C=O) groups excluding carboxylic acids is 1. The Hall–Kier alpha value is -0.313. The Labute approximate surface area is 102 Å². The Balaban J connectivity index is 4.51. The Morgan fingerprint density at radius 1 is 1.06 bits per heavy atom. The first kappa shape index (κ1) is 15.7. The monoisotopic (exact) mass is 243 g/mol. The standard InChI is InChI=1S/C13H27O2Si/c1-5-9-13(14)15-16(10-6-2,11-7-3)12-8-4/h1,5-12H2,2-4H3. The highest BCUT2D eigenvalue weighted by atomic mass is 28.4. The van der Waals surface area contributed by atoms with Crippen LogP contribution in [0.2, 0.25) is 18.1 Å². The van der Waals surface area contributed by atoms with Gasteiger partial charge in [0.05, 0.1) is 0 Å². The van der Waals surface area contributed by atoms with Crippen molar-refractivity contribution in [3.05, 3.63) is 6.92 Å². The van der Waals surface area contributed by atoms with Crippen LogP contribution in [-0.2, 0) is 9.22 Å². The lowest BCUT2D eigenvalue weighted by Crippen LogP contribution is -2.39. The maximum absolute atomic E-state index is 11.7. The number of hydrogen-bond donors (Lipinski definition) is 0. The second-order valence-electron chi connectivity index (χ2n) is 4.51. The summed E-state index contributed by atoms with van der Waals surface area (Å²) in [5.74, 6) is -0.0167. The van der Waals surface area contributed by atoms with Gasteiger partial charge in [-0.05, 0) is 24.6 Å². The van der Waals surface area contributed by atoms with Gasteiger partial charge in [-0.3, -0.25) is 4.79 Å². The molecule has 0 unspecified atom stereocenters. The molecule has 0 saturated heterocycles. The molecule has 16 heavy (non-hydrogen) atoms. The first-order valence-electron chi connectivity index (χ1n) is 6.65. The molecule has 0 aromatic heterocycles. The van der Waals surface area contributed by atoms with E-state index in [1.54, 1.807) is 0 Å². The fourth-order valence-corrected chi connectivity index (χ4v) is 6.71. The zero-order chi connectivity index (χ0) is 12.4. The van der Waals surface area contributed by atoms with Gasteiger partial charge in [0.1, 0.15) is 0 Å². The fraction of sp³-hybridized carbons (Fsp3) is 0.846. The van der Waals surface area contributed by atoms with Crippen LogP contribution < -0.4 is 0 Å². The molecule has 0 aliphatic carbocycles.